The normalized spacial score (nSPS) is 20.8. The third kappa shape index (κ3) is 2.68. The zero-order chi connectivity index (χ0) is 19.4. The number of nitrogens with one attached hydrogen (secondary N) is 4. The maximum Gasteiger partial charge on any atom is 0.203 e. The maximum absolute atomic E-state index is 6.91. The third-order valence-corrected chi connectivity index (χ3v) is 5.60. The topological polar surface area (TPSA) is 120 Å². The number of nitrogens with two attached hydrogens (primary N) is 1. The summed E-state index contributed by atoms with van der Waals surface area (Å²) in [6.07, 6.45) is 4.20. The van der Waals surface area contributed by atoms with Gasteiger partial charge in [-0.1, -0.05) is 18.2 Å². The summed E-state index contributed by atoms with van der Waals surface area (Å²) in [5.41, 5.74) is 11.4. The minimum atomic E-state index is -0.982. The van der Waals surface area contributed by atoms with Crippen LogP contribution in [0.3, 0.4) is 0 Å². The molecule has 1 saturated carbocycles. The molecule has 1 unspecified atom stereocenters. The second kappa shape index (κ2) is 5.92. The molecule has 2 aromatic carbocycles. The Labute approximate surface area is 166 Å². The van der Waals surface area contributed by atoms with Gasteiger partial charge in [-0.3, -0.25) is 15.9 Å². The highest BCUT2D eigenvalue weighted by Crippen LogP contribution is 2.41. The Morgan fingerprint density at radius 1 is 1.07 bits per heavy atom. The average Bonchev–Trinajstić information content (AvgIpc) is 3.25. The predicted molar refractivity (Wildman–Crippen MR) is 112 cm³/mol. The fourth-order valence-corrected chi connectivity index (χ4v) is 3.87. The van der Waals surface area contributed by atoms with Crippen LogP contribution in [0, 0.1) is 0 Å². The van der Waals surface area contributed by atoms with Crippen LogP contribution < -0.4 is 16.4 Å². The highest BCUT2D eigenvalue weighted by atomic mass is 15.3. The van der Waals surface area contributed by atoms with Gasteiger partial charge >= 0.3 is 0 Å². The van der Waals surface area contributed by atoms with Gasteiger partial charge in [-0.15, -0.1) is 0 Å². The maximum atomic E-state index is 6.91. The van der Waals surface area contributed by atoms with Crippen molar-refractivity contribution in [3.63, 3.8) is 0 Å². The molecule has 6 rings (SSSR count). The molecule has 29 heavy (non-hydrogen) atoms. The van der Waals surface area contributed by atoms with Gasteiger partial charge in [-0.2, -0.15) is 10.2 Å². The number of aliphatic imine (C=N–C) groups is 1. The number of para-hydroxylation sites is 1. The lowest BCUT2D eigenvalue weighted by atomic mass is 9.93. The van der Waals surface area contributed by atoms with Crippen LogP contribution in [0.15, 0.2) is 59.7 Å². The minimum absolute atomic E-state index is 0.574. The quantitative estimate of drug-likeness (QED) is 0.372. The molecule has 2 aromatic heterocycles. The molecule has 0 saturated heterocycles. The summed E-state index contributed by atoms with van der Waals surface area (Å²) in [5, 5.41) is 22.5. The van der Waals surface area contributed by atoms with E-state index < -0.39 is 5.66 Å². The van der Waals surface area contributed by atoms with E-state index in [1.165, 1.54) is 12.8 Å². The van der Waals surface area contributed by atoms with E-state index in [-0.39, 0.29) is 0 Å². The van der Waals surface area contributed by atoms with Gasteiger partial charge in [0.25, 0.3) is 0 Å². The van der Waals surface area contributed by atoms with Crippen molar-refractivity contribution in [3.05, 3.63) is 71.7 Å². The molecule has 0 bridgehead atoms. The van der Waals surface area contributed by atoms with E-state index in [0.29, 0.717) is 11.9 Å². The van der Waals surface area contributed by atoms with E-state index >= 15 is 0 Å². The first-order chi connectivity index (χ1) is 14.2. The van der Waals surface area contributed by atoms with Crippen LogP contribution in [-0.4, -0.2) is 26.4 Å². The number of rotatable bonds is 3. The fourth-order valence-electron chi connectivity index (χ4n) is 3.87. The van der Waals surface area contributed by atoms with Crippen LogP contribution in [-0.2, 0) is 5.66 Å². The molecule has 3 heterocycles. The number of hydrogen-bond donors (Lipinski definition) is 5. The zero-order valence-corrected chi connectivity index (χ0v) is 15.6. The summed E-state index contributed by atoms with van der Waals surface area (Å²) in [5.74, 6) is 1.15. The van der Waals surface area contributed by atoms with Gasteiger partial charge in [-0.25, -0.2) is 4.99 Å². The summed E-state index contributed by atoms with van der Waals surface area (Å²) in [4.78, 5) is 4.74. The Kier molecular flexibility index (Phi) is 3.33. The van der Waals surface area contributed by atoms with Crippen LogP contribution in [0.4, 0.5) is 11.4 Å². The van der Waals surface area contributed by atoms with Crippen LogP contribution in [0.2, 0.25) is 0 Å². The summed E-state index contributed by atoms with van der Waals surface area (Å²) in [6, 6.07) is 15.9. The van der Waals surface area contributed by atoms with Gasteiger partial charge in [0.1, 0.15) is 5.69 Å². The molecular weight excluding hydrogens is 364 g/mol. The minimum Gasteiger partial charge on any atom is -0.329 e. The van der Waals surface area contributed by atoms with Crippen LogP contribution in [0.1, 0.15) is 35.7 Å². The zero-order valence-electron chi connectivity index (χ0n) is 15.6. The molecule has 0 amide bonds. The second-order valence-electron chi connectivity index (χ2n) is 7.69. The smallest absolute Gasteiger partial charge is 0.203 e. The second-order valence-corrected chi connectivity index (χ2v) is 7.69. The number of hydrogen-bond acceptors (Lipinski definition) is 6. The fraction of sp³-hybridized carbons (Fsp3) is 0.190. The van der Waals surface area contributed by atoms with Crippen LogP contribution in [0.5, 0.6) is 0 Å². The molecule has 8 heteroatoms. The standard InChI is InChI=1S/C21H20N8/c22-21(19-10-18(28-29-19)12-5-6-12)15-3-1-2-4-17(15)25-20(26-21)24-14-7-8-16-13(9-14)11-23-27-16/h1-4,7-12H,5-6,22H2,(H,23,27)(H,28,29)(H2,24,25,26). The predicted octanol–water partition coefficient (Wildman–Crippen LogP) is 3.03. The van der Waals surface area contributed by atoms with E-state index in [9.17, 15) is 0 Å². The number of guanidine groups is 1. The summed E-state index contributed by atoms with van der Waals surface area (Å²) >= 11 is 0. The van der Waals surface area contributed by atoms with Crippen molar-refractivity contribution < 1.29 is 0 Å². The third-order valence-electron chi connectivity index (χ3n) is 5.60. The van der Waals surface area contributed by atoms with Crippen molar-refractivity contribution in [3.8, 4) is 0 Å². The molecule has 6 N–H and O–H groups in total. The van der Waals surface area contributed by atoms with E-state index in [4.69, 9.17) is 10.7 Å². The number of H-pyrrole nitrogens is 2. The van der Waals surface area contributed by atoms with Gasteiger partial charge in [-0.05, 0) is 43.2 Å². The lowest BCUT2D eigenvalue weighted by Gasteiger charge is -2.35. The van der Waals surface area contributed by atoms with Crippen molar-refractivity contribution >= 4 is 28.2 Å². The molecule has 0 radical (unpaired) electrons. The molecule has 0 spiro atoms. The summed E-state index contributed by atoms with van der Waals surface area (Å²) in [6.45, 7) is 0. The highest BCUT2D eigenvalue weighted by molar-refractivity contribution is 5.99. The first-order valence-electron chi connectivity index (χ1n) is 9.70. The number of anilines is 1. The van der Waals surface area contributed by atoms with E-state index in [0.717, 1.165) is 39.2 Å². The van der Waals surface area contributed by atoms with E-state index in [1.54, 1.807) is 6.20 Å². The molecule has 2 aliphatic rings. The van der Waals surface area contributed by atoms with Crippen molar-refractivity contribution in [2.24, 2.45) is 10.7 Å². The molecule has 1 fully saturated rings. The van der Waals surface area contributed by atoms with E-state index in [2.05, 4.69) is 37.1 Å². The van der Waals surface area contributed by atoms with Crippen molar-refractivity contribution in [1.29, 1.82) is 0 Å². The Bertz CT molecular complexity index is 1250. The van der Waals surface area contributed by atoms with Gasteiger partial charge in [0, 0.05) is 28.2 Å². The largest absolute Gasteiger partial charge is 0.329 e. The monoisotopic (exact) mass is 384 g/mol. The highest BCUT2D eigenvalue weighted by Gasteiger charge is 2.39. The van der Waals surface area contributed by atoms with Gasteiger partial charge in [0.15, 0.2) is 5.66 Å². The lowest BCUT2D eigenvalue weighted by Crippen LogP contribution is -2.57. The first-order valence-corrected chi connectivity index (χ1v) is 9.70. The molecule has 144 valence electrons. The Morgan fingerprint density at radius 2 is 1.97 bits per heavy atom. The molecular formula is C21H20N8. The molecule has 1 aliphatic carbocycles. The van der Waals surface area contributed by atoms with Crippen molar-refractivity contribution in [2.45, 2.75) is 24.4 Å². The molecule has 8 nitrogen and oxygen atoms in total. The molecule has 4 aromatic rings. The van der Waals surface area contributed by atoms with Gasteiger partial charge < -0.3 is 10.6 Å². The van der Waals surface area contributed by atoms with Crippen molar-refractivity contribution in [1.82, 2.24) is 25.7 Å². The number of fused-ring (bicyclic) bond motifs is 2. The number of nitrogens with zero attached hydrogens (tertiary/aromatic N) is 3. The van der Waals surface area contributed by atoms with Gasteiger partial charge in [0.2, 0.25) is 5.96 Å². The SMILES string of the molecule is NC1(c2cc(C3CC3)[nH]n2)NC(Nc2ccc3[nH]ncc3c2)=Nc2ccccc21. The van der Waals surface area contributed by atoms with Gasteiger partial charge in [0.05, 0.1) is 17.4 Å². The average molecular weight is 384 g/mol. The summed E-state index contributed by atoms with van der Waals surface area (Å²) < 4.78 is 0. The molecule has 1 aliphatic heterocycles. The first kappa shape index (κ1) is 16.3. The Morgan fingerprint density at radius 3 is 2.86 bits per heavy atom. The number of benzene rings is 2. The van der Waals surface area contributed by atoms with E-state index in [1.807, 2.05) is 42.5 Å². The Hall–Kier alpha value is -3.65. The molecule has 1 atom stereocenters. The number of aromatic nitrogens is 4. The van der Waals surface area contributed by atoms with Crippen LogP contribution in [0.25, 0.3) is 10.9 Å². The Balaban J connectivity index is 1.39. The lowest BCUT2D eigenvalue weighted by molar-refractivity contribution is 0.476. The van der Waals surface area contributed by atoms with Crippen LogP contribution >= 0.6 is 0 Å². The van der Waals surface area contributed by atoms with Crippen molar-refractivity contribution in [2.75, 3.05) is 5.32 Å². The number of aromatic amines is 2. The summed E-state index contributed by atoms with van der Waals surface area (Å²) in [7, 11) is 0.